The highest BCUT2D eigenvalue weighted by Crippen LogP contribution is 2.54. The maximum Gasteiger partial charge on any atom is 0.231 e. The highest BCUT2D eigenvalue weighted by atomic mass is 16.7. The van der Waals surface area contributed by atoms with Gasteiger partial charge < -0.3 is 34.3 Å². The summed E-state index contributed by atoms with van der Waals surface area (Å²) in [7, 11) is 0. The van der Waals surface area contributed by atoms with Crippen molar-refractivity contribution in [3.63, 3.8) is 0 Å². The van der Waals surface area contributed by atoms with Crippen molar-refractivity contribution < 1.29 is 34.3 Å². The average Bonchev–Trinajstić information content (AvgIpc) is 3.30. The van der Waals surface area contributed by atoms with Crippen LogP contribution in [0.4, 0.5) is 0 Å². The second kappa shape index (κ2) is 5.51. The zero-order valence-electron chi connectivity index (χ0n) is 13.8. The fourth-order valence-corrected chi connectivity index (χ4v) is 4.06. The third kappa shape index (κ3) is 2.18. The molecule has 4 atom stereocenters. The lowest BCUT2D eigenvalue weighted by Crippen LogP contribution is -2.39. The van der Waals surface area contributed by atoms with E-state index in [9.17, 15) is 15.3 Å². The molecule has 0 saturated carbocycles. The fraction of sp³-hybridized carbons (Fsp3) is 0.368. The van der Waals surface area contributed by atoms with Gasteiger partial charge in [0.15, 0.2) is 23.0 Å². The summed E-state index contributed by atoms with van der Waals surface area (Å²) in [6.07, 6.45) is -0.969. The maximum absolute atomic E-state index is 11.3. The molecule has 3 N–H and O–H groups in total. The second-order valence-corrected chi connectivity index (χ2v) is 6.90. The molecule has 2 saturated heterocycles. The predicted octanol–water partition coefficient (Wildman–Crippen LogP) is 2.02. The van der Waals surface area contributed by atoms with Crippen LogP contribution in [0.25, 0.3) is 0 Å². The molecule has 3 aliphatic rings. The Balaban J connectivity index is 1.45. The van der Waals surface area contributed by atoms with Crippen molar-refractivity contribution in [3.8, 4) is 23.0 Å². The van der Waals surface area contributed by atoms with Crippen molar-refractivity contribution in [2.75, 3.05) is 20.0 Å². The van der Waals surface area contributed by atoms with E-state index >= 15 is 0 Å². The minimum absolute atomic E-state index is 0.114. The Kier molecular flexibility index (Phi) is 3.34. The Bertz CT molecular complexity index is 867. The number of aromatic hydroxyl groups is 2. The van der Waals surface area contributed by atoms with E-state index < -0.39 is 11.7 Å². The number of benzene rings is 2. The van der Waals surface area contributed by atoms with E-state index in [0.29, 0.717) is 23.7 Å². The quantitative estimate of drug-likeness (QED) is 0.707. The molecule has 4 unspecified atom stereocenters. The molecule has 0 aliphatic carbocycles. The minimum atomic E-state index is -1.22. The highest BCUT2D eigenvalue weighted by molar-refractivity contribution is 5.46. The standard InChI is InChI=1S/C19H18O7/c20-13-3-1-11(5-14(13)21)18-19(22)8-24-17(12(19)7-23-18)10-2-4-15-16(6-10)26-9-25-15/h1-6,12,17-18,20-22H,7-9H2. The van der Waals surface area contributed by atoms with Gasteiger partial charge in [-0.15, -0.1) is 0 Å². The van der Waals surface area contributed by atoms with E-state index in [1.54, 1.807) is 6.07 Å². The van der Waals surface area contributed by atoms with Crippen molar-refractivity contribution in [2.24, 2.45) is 5.92 Å². The van der Waals surface area contributed by atoms with Crippen LogP contribution >= 0.6 is 0 Å². The molecule has 5 rings (SSSR count). The van der Waals surface area contributed by atoms with Crippen LogP contribution in [0.1, 0.15) is 23.3 Å². The van der Waals surface area contributed by atoms with E-state index in [2.05, 4.69) is 0 Å². The molecule has 0 amide bonds. The molecule has 7 heteroatoms. The molecule has 0 spiro atoms. The summed E-state index contributed by atoms with van der Waals surface area (Å²) in [4.78, 5) is 0. The Morgan fingerprint density at radius 1 is 0.885 bits per heavy atom. The van der Waals surface area contributed by atoms with E-state index in [1.165, 1.54) is 12.1 Å². The van der Waals surface area contributed by atoms with Gasteiger partial charge in [0.2, 0.25) is 6.79 Å². The smallest absolute Gasteiger partial charge is 0.231 e. The largest absolute Gasteiger partial charge is 0.504 e. The number of rotatable bonds is 2. The number of ether oxygens (including phenoxy) is 4. The topological polar surface area (TPSA) is 97.6 Å². The summed E-state index contributed by atoms with van der Waals surface area (Å²) in [6, 6.07) is 10.0. The van der Waals surface area contributed by atoms with Crippen molar-refractivity contribution in [1.29, 1.82) is 0 Å². The van der Waals surface area contributed by atoms with Gasteiger partial charge in [0.05, 0.1) is 19.3 Å². The first-order valence-corrected chi connectivity index (χ1v) is 8.43. The number of fused-ring (bicyclic) bond motifs is 2. The number of hydrogen-bond acceptors (Lipinski definition) is 7. The first kappa shape index (κ1) is 15.7. The van der Waals surface area contributed by atoms with Crippen molar-refractivity contribution in [2.45, 2.75) is 17.8 Å². The summed E-state index contributed by atoms with van der Waals surface area (Å²) in [5.74, 6) is 0.645. The van der Waals surface area contributed by atoms with Crippen LogP contribution in [-0.4, -0.2) is 40.9 Å². The molecule has 0 aromatic heterocycles. The molecule has 0 bridgehead atoms. The molecule has 7 nitrogen and oxygen atoms in total. The van der Waals surface area contributed by atoms with Gasteiger partial charge in [-0.2, -0.15) is 0 Å². The van der Waals surface area contributed by atoms with E-state index in [1.807, 2.05) is 18.2 Å². The Morgan fingerprint density at radius 2 is 1.69 bits per heavy atom. The lowest BCUT2D eigenvalue weighted by molar-refractivity contribution is -0.0628. The summed E-state index contributed by atoms with van der Waals surface area (Å²) in [6.45, 7) is 0.637. The number of aliphatic hydroxyl groups is 1. The fourth-order valence-electron chi connectivity index (χ4n) is 4.06. The molecule has 136 valence electrons. The zero-order valence-corrected chi connectivity index (χ0v) is 13.8. The van der Waals surface area contributed by atoms with Gasteiger partial charge in [0.1, 0.15) is 11.7 Å². The van der Waals surface area contributed by atoms with Crippen LogP contribution in [-0.2, 0) is 9.47 Å². The SMILES string of the molecule is Oc1ccc(C2OCC3C(c4ccc5c(c4)OCO5)OCC23O)cc1O. The molecular formula is C19H18O7. The second-order valence-electron chi connectivity index (χ2n) is 6.90. The monoisotopic (exact) mass is 358 g/mol. The van der Waals surface area contributed by atoms with Crippen molar-refractivity contribution in [1.82, 2.24) is 0 Å². The maximum atomic E-state index is 11.3. The van der Waals surface area contributed by atoms with Gasteiger partial charge in [-0.25, -0.2) is 0 Å². The average molecular weight is 358 g/mol. The zero-order chi connectivity index (χ0) is 17.9. The lowest BCUT2D eigenvalue weighted by Gasteiger charge is -2.27. The summed E-state index contributed by atoms with van der Waals surface area (Å²) in [5, 5.41) is 30.5. The Labute approximate surface area is 149 Å². The minimum Gasteiger partial charge on any atom is -0.504 e. The Hall–Kier alpha value is -2.48. The van der Waals surface area contributed by atoms with E-state index in [4.69, 9.17) is 18.9 Å². The molecule has 2 aromatic carbocycles. The van der Waals surface area contributed by atoms with Crippen LogP contribution in [0, 0.1) is 5.92 Å². The van der Waals surface area contributed by atoms with E-state index in [0.717, 1.165) is 5.56 Å². The molecule has 0 radical (unpaired) electrons. The normalized spacial score (nSPS) is 32.0. The van der Waals surface area contributed by atoms with Crippen LogP contribution < -0.4 is 9.47 Å². The van der Waals surface area contributed by atoms with Gasteiger partial charge in [-0.05, 0) is 35.4 Å². The van der Waals surface area contributed by atoms with Crippen LogP contribution in [0.15, 0.2) is 36.4 Å². The summed E-state index contributed by atoms with van der Waals surface area (Å²) < 4.78 is 22.6. The number of phenols is 2. The van der Waals surface area contributed by atoms with Crippen LogP contribution in [0.2, 0.25) is 0 Å². The highest BCUT2D eigenvalue weighted by Gasteiger charge is 2.59. The van der Waals surface area contributed by atoms with E-state index in [-0.39, 0.29) is 36.9 Å². The predicted molar refractivity (Wildman–Crippen MR) is 88.2 cm³/mol. The Morgan fingerprint density at radius 3 is 2.54 bits per heavy atom. The first-order valence-electron chi connectivity index (χ1n) is 8.43. The molecular weight excluding hydrogens is 340 g/mol. The third-order valence-corrected chi connectivity index (χ3v) is 5.43. The van der Waals surface area contributed by atoms with Crippen LogP contribution in [0.5, 0.6) is 23.0 Å². The van der Waals surface area contributed by atoms with Crippen molar-refractivity contribution in [3.05, 3.63) is 47.5 Å². The number of hydrogen-bond donors (Lipinski definition) is 3. The molecule has 26 heavy (non-hydrogen) atoms. The molecule has 2 fully saturated rings. The van der Waals surface area contributed by atoms with Gasteiger partial charge >= 0.3 is 0 Å². The molecule has 2 aromatic rings. The van der Waals surface area contributed by atoms with Crippen LogP contribution in [0.3, 0.4) is 0 Å². The number of phenolic OH excluding ortho intramolecular Hbond substituents is 2. The van der Waals surface area contributed by atoms with Gasteiger partial charge in [-0.1, -0.05) is 12.1 Å². The van der Waals surface area contributed by atoms with Crippen molar-refractivity contribution >= 4 is 0 Å². The summed E-state index contributed by atoms with van der Waals surface area (Å²) >= 11 is 0. The summed E-state index contributed by atoms with van der Waals surface area (Å²) in [5.41, 5.74) is 0.276. The molecule has 3 aliphatic heterocycles. The van der Waals surface area contributed by atoms with Gasteiger partial charge in [-0.3, -0.25) is 0 Å². The first-order chi connectivity index (χ1) is 12.6. The lowest BCUT2D eigenvalue weighted by atomic mass is 9.81. The van der Waals surface area contributed by atoms with Gasteiger partial charge in [0, 0.05) is 5.92 Å². The van der Waals surface area contributed by atoms with Gasteiger partial charge in [0.25, 0.3) is 0 Å². The molecule has 3 heterocycles. The third-order valence-electron chi connectivity index (χ3n) is 5.43.